The summed E-state index contributed by atoms with van der Waals surface area (Å²) in [6.07, 6.45) is 0.151. The van der Waals surface area contributed by atoms with Gasteiger partial charge in [0.25, 0.3) is 5.34 Å². The number of aromatic hydroxyl groups is 1. The van der Waals surface area contributed by atoms with Crippen molar-refractivity contribution in [2.45, 2.75) is 18.7 Å². The third kappa shape index (κ3) is 5.35. The van der Waals surface area contributed by atoms with Crippen LogP contribution < -0.4 is 4.74 Å². The Bertz CT molecular complexity index is 1190. The summed E-state index contributed by atoms with van der Waals surface area (Å²) in [7, 11) is -0.961. The van der Waals surface area contributed by atoms with Crippen molar-refractivity contribution in [1.82, 2.24) is 0 Å². The summed E-state index contributed by atoms with van der Waals surface area (Å²) in [5.74, 6) is -1.47. The number of hydrogen-bond acceptors (Lipinski definition) is 5. The average Bonchev–Trinajstić information content (AvgIpc) is 2.73. The molecule has 0 spiro atoms. The van der Waals surface area contributed by atoms with E-state index in [9.17, 15) is 24.0 Å². The lowest BCUT2D eigenvalue weighted by Gasteiger charge is -2.15. The standard InChI is InChI=1S/C22H16Br2FO6P/c1-22(29,32-30)13-9-16(23)20(17(24)10-13)31-14-3-5-19(26)12(8-14)6-11-2-4-18(25)15(7-11)21(27)28/h2-5,7-10,26,29H,6H2,1H3,(H,27,28)/p+1. The highest BCUT2D eigenvalue weighted by Crippen LogP contribution is 2.43. The van der Waals surface area contributed by atoms with E-state index in [2.05, 4.69) is 31.9 Å². The first-order valence-electron chi connectivity index (χ1n) is 9.14. The third-order valence-corrected chi connectivity index (χ3v) is 6.55. The van der Waals surface area contributed by atoms with Gasteiger partial charge >= 0.3 is 14.4 Å². The molecule has 3 aromatic carbocycles. The predicted octanol–water partition coefficient (Wildman–Crippen LogP) is 6.33. The van der Waals surface area contributed by atoms with Crippen LogP contribution in [0.25, 0.3) is 0 Å². The topological polar surface area (TPSA) is 104 Å². The normalized spacial score (nSPS) is 13.0. The highest BCUT2D eigenvalue weighted by molar-refractivity contribution is 9.11. The van der Waals surface area contributed by atoms with Gasteiger partial charge in [-0.25, -0.2) is 9.18 Å². The second-order valence-corrected chi connectivity index (χ2v) is 10.0. The number of ether oxygens (including phenoxy) is 1. The van der Waals surface area contributed by atoms with E-state index < -0.39 is 31.2 Å². The molecule has 3 rings (SSSR count). The molecular formula is C22H17Br2FO6P+. The zero-order valence-corrected chi connectivity index (χ0v) is 20.7. The maximum Gasteiger partial charge on any atom is 0.364 e. The van der Waals surface area contributed by atoms with Gasteiger partial charge in [0.1, 0.15) is 17.3 Å². The van der Waals surface area contributed by atoms with Crippen molar-refractivity contribution >= 4 is 46.3 Å². The summed E-state index contributed by atoms with van der Waals surface area (Å²) in [5.41, 5.74) is 0.930. The van der Waals surface area contributed by atoms with Gasteiger partial charge in [-0.1, -0.05) is 10.6 Å². The molecule has 0 heterocycles. The van der Waals surface area contributed by atoms with Gasteiger partial charge in [-0.05, 0) is 79.9 Å². The van der Waals surface area contributed by atoms with Crippen LogP contribution in [-0.4, -0.2) is 21.3 Å². The Morgan fingerprint density at radius 2 is 1.78 bits per heavy atom. The molecule has 0 fully saturated rings. The molecule has 0 amide bonds. The monoisotopic (exact) mass is 585 g/mol. The van der Waals surface area contributed by atoms with E-state index in [0.717, 1.165) is 6.07 Å². The Kier molecular flexibility index (Phi) is 7.35. The Morgan fingerprint density at radius 1 is 1.12 bits per heavy atom. The minimum absolute atomic E-state index is 0.0282. The highest BCUT2D eigenvalue weighted by atomic mass is 79.9. The van der Waals surface area contributed by atoms with E-state index in [0.29, 0.717) is 37.1 Å². The van der Waals surface area contributed by atoms with Crippen LogP contribution in [0.2, 0.25) is 0 Å². The van der Waals surface area contributed by atoms with Gasteiger partial charge < -0.3 is 20.1 Å². The lowest BCUT2D eigenvalue weighted by Crippen LogP contribution is -2.12. The number of carbonyl (C=O) groups is 1. The Morgan fingerprint density at radius 3 is 2.38 bits per heavy atom. The first-order valence-corrected chi connectivity index (χ1v) is 11.6. The molecular weight excluding hydrogens is 570 g/mol. The third-order valence-electron chi connectivity index (χ3n) is 4.69. The van der Waals surface area contributed by atoms with E-state index in [1.807, 2.05) is 0 Å². The van der Waals surface area contributed by atoms with Crippen LogP contribution in [0, 0.1) is 5.82 Å². The number of aliphatic hydroxyl groups is 1. The second kappa shape index (κ2) is 9.67. The summed E-state index contributed by atoms with van der Waals surface area (Å²) in [6.45, 7) is 1.44. The zero-order valence-electron chi connectivity index (χ0n) is 16.5. The average molecular weight is 587 g/mol. The van der Waals surface area contributed by atoms with Crippen molar-refractivity contribution < 1.29 is 33.8 Å². The Hall–Kier alpha value is -2.32. The summed E-state index contributed by atoms with van der Waals surface area (Å²) < 4.78 is 31.9. The Labute approximate surface area is 201 Å². The van der Waals surface area contributed by atoms with Crippen molar-refractivity contribution in [3.8, 4) is 17.2 Å². The van der Waals surface area contributed by atoms with Gasteiger partial charge in [0.05, 0.1) is 14.5 Å². The lowest BCUT2D eigenvalue weighted by molar-refractivity contribution is 0.0691. The number of halogens is 3. The molecule has 0 bridgehead atoms. The summed E-state index contributed by atoms with van der Waals surface area (Å²) in [4.78, 5) is 11.2. The van der Waals surface area contributed by atoms with Gasteiger partial charge in [0.15, 0.2) is 5.75 Å². The van der Waals surface area contributed by atoms with Crippen molar-refractivity contribution in [3.63, 3.8) is 0 Å². The molecule has 6 nitrogen and oxygen atoms in total. The summed E-state index contributed by atoms with van der Waals surface area (Å²) >= 11 is 6.77. The number of rotatable bonds is 7. The fourth-order valence-electron chi connectivity index (χ4n) is 2.95. The molecule has 2 unspecified atom stereocenters. The molecule has 0 saturated heterocycles. The lowest BCUT2D eigenvalue weighted by atomic mass is 10.0. The predicted molar refractivity (Wildman–Crippen MR) is 125 cm³/mol. The molecule has 0 aliphatic rings. The van der Waals surface area contributed by atoms with E-state index in [1.165, 1.54) is 25.1 Å². The van der Waals surface area contributed by atoms with Crippen molar-refractivity contribution in [2.75, 3.05) is 0 Å². The van der Waals surface area contributed by atoms with E-state index >= 15 is 0 Å². The number of benzene rings is 3. The molecule has 2 atom stereocenters. The first kappa shape index (κ1) is 24.3. The molecule has 3 aromatic rings. The first-order chi connectivity index (χ1) is 15.0. The summed E-state index contributed by atoms with van der Waals surface area (Å²) in [5, 5.41) is 28.1. The van der Waals surface area contributed by atoms with Gasteiger partial charge in [-0.3, -0.25) is 0 Å². The van der Waals surface area contributed by atoms with Gasteiger partial charge in [-0.2, -0.15) is 0 Å². The van der Waals surface area contributed by atoms with Crippen molar-refractivity contribution in [3.05, 3.63) is 85.5 Å². The molecule has 0 aliphatic carbocycles. The quantitative estimate of drug-likeness (QED) is 0.280. The maximum absolute atomic E-state index is 13.7. The van der Waals surface area contributed by atoms with Crippen LogP contribution in [0.5, 0.6) is 17.2 Å². The van der Waals surface area contributed by atoms with Crippen LogP contribution >= 0.6 is 40.3 Å². The van der Waals surface area contributed by atoms with Gasteiger partial charge in [-0.15, -0.1) is 0 Å². The van der Waals surface area contributed by atoms with Crippen LogP contribution in [0.15, 0.2) is 57.5 Å². The van der Waals surface area contributed by atoms with Gasteiger partial charge in [0, 0.05) is 24.5 Å². The van der Waals surface area contributed by atoms with E-state index in [-0.39, 0.29) is 12.2 Å². The number of aromatic carboxylic acids is 1. The van der Waals surface area contributed by atoms with E-state index in [1.54, 1.807) is 24.3 Å². The zero-order chi connectivity index (χ0) is 23.6. The second-order valence-electron chi connectivity index (χ2n) is 7.13. The molecule has 3 N–H and O–H groups in total. The number of carboxylic acids is 1. The SMILES string of the molecule is CC(O)([PH+]=O)c1cc(Br)c(Oc2ccc(O)c(Cc3ccc(F)c(C(=O)O)c3)c2)c(Br)c1. The van der Waals surface area contributed by atoms with Crippen molar-refractivity contribution in [1.29, 1.82) is 0 Å². The van der Waals surface area contributed by atoms with Crippen LogP contribution in [-0.2, 0) is 16.3 Å². The highest BCUT2D eigenvalue weighted by Gasteiger charge is 2.33. The van der Waals surface area contributed by atoms with Gasteiger partial charge in [0.2, 0.25) is 0 Å². The maximum atomic E-state index is 13.7. The van der Waals surface area contributed by atoms with Crippen LogP contribution in [0.4, 0.5) is 4.39 Å². The molecule has 0 radical (unpaired) electrons. The number of phenols is 1. The smallest absolute Gasteiger partial charge is 0.364 e. The number of carboxylic acid groups (broad SMARTS) is 1. The number of hydrogen-bond donors (Lipinski definition) is 3. The molecule has 0 saturated carbocycles. The summed E-state index contributed by atoms with van der Waals surface area (Å²) in [6, 6.07) is 11.5. The van der Waals surface area contributed by atoms with Crippen LogP contribution in [0.1, 0.15) is 34.0 Å². The number of phenolic OH excluding ortho intramolecular Hbond substituents is 1. The van der Waals surface area contributed by atoms with E-state index in [4.69, 9.17) is 9.84 Å². The fourth-order valence-corrected chi connectivity index (χ4v) is 4.56. The molecule has 0 aromatic heterocycles. The fraction of sp³-hybridized carbons (Fsp3) is 0.136. The minimum Gasteiger partial charge on any atom is -0.508 e. The minimum atomic E-state index is -1.51. The Balaban J connectivity index is 1.91. The van der Waals surface area contributed by atoms with Crippen LogP contribution in [0.3, 0.4) is 0 Å². The molecule has 10 heteroatoms. The molecule has 0 aliphatic heterocycles. The van der Waals surface area contributed by atoms with Crippen molar-refractivity contribution in [2.24, 2.45) is 0 Å². The molecule has 32 heavy (non-hydrogen) atoms. The molecule has 166 valence electrons. The largest absolute Gasteiger partial charge is 0.508 e.